The zero-order valence-electron chi connectivity index (χ0n) is 10.9. The van der Waals surface area contributed by atoms with Crippen LogP contribution in [0.3, 0.4) is 0 Å². The highest BCUT2D eigenvalue weighted by Gasteiger charge is 2.18. The van der Waals surface area contributed by atoms with Crippen LogP contribution < -0.4 is 4.74 Å². The molecule has 1 aliphatic rings. The first-order valence-electron chi connectivity index (χ1n) is 6.56. The fraction of sp³-hybridized carbons (Fsp3) is 0.533. The van der Waals surface area contributed by atoms with Crippen LogP contribution in [0.4, 0.5) is 0 Å². The fourth-order valence-corrected chi connectivity index (χ4v) is 2.06. The van der Waals surface area contributed by atoms with Crippen LogP contribution in [-0.4, -0.2) is 13.1 Å². The zero-order valence-corrected chi connectivity index (χ0v) is 10.9. The lowest BCUT2D eigenvalue weighted by molar-refractivity contribution is -0.145. The molecule has 0 bridgehead atoms. The zero-order chi connectivity index (χ0) is 12.8. The van der Waals surface area contributed by atoms with Crippen molar-refractivity contribution in [3.63, 3.8) is 0 Å². The molecule has 0 atom stereocenters. The van der Waals surface area contributed by atoms with Crippen LogP contribution >= 0.6 is 0 Å². The molecular weight excluding hydrogens is 228 g/mol. The quantitative estimate of drug-likeness (QED) is 0.724. The summed E-state index contributed by atoms with van der Waals surface area (Å²) in [5.41, 5.74) is 0.993. The molecule has 0 aromatic heterocycles. The number of methoxy groups -OCH3 is 1. The van der Waals surface area contributed by atoms with Crippen molar-refractivity contribution < 1.29 is 14.3 Å². The molecule has 1 fully saturated rings. The van der Waals surface area contributed by atoms with Gasteiger partial charge in [0, 0.05) is 6.42 Å². The number of ether oxygens (including phenoxy) is 2. The van der Waals surface area contributed by atoms with Gasteiger partial charge in [-0.15, -0.1) is 0 Å². The minimum absolute atomic E-state index is 0.0854. The number of carbonyl (C=O) groups excluding carboxylic acids is 1. The van der Waals surface area contributed by atoms with Gasteiger partial charge in [0.25, 0.3) is 0 Å². The highest BCUT2D eigenvalue weighted by molar-refractivity contribution is 5.69. The molecule has 0 amide bonds. The Morgan fingerprint density at radius 3 is 2.56 bits per heavy atom. The van der Waals surface area contributed by atoms with Crippen molar-refractivity contribution in [2.45, 2.75) is 38.7 Å². The predicted octanol–water partition coefficient (Wildman–Crippen LogP) is 3.32. The van der Waals surface area contributed by atoms with E-state index in [1.165, 1.54) is 19.3 Å². The van der Waals surface area contributed by atoms with Crippen molar-refractivity contribution in [3.05, 3.63) is 29.8 Å². The molecule has 3 heteroatoms. The molecule has 98 valence electrons. The number of hydrogen-bond acceptors (Lipinski definition) is 3. The van der Waals surface area contributed by atoms with Crippen LogP contribution in [0.25, 0.3) is 0 Å². The van der Waals surface area contributed by atoms with Gasteiger partial charge in [-0.3, -0.25) is 4.79 Å². The molecule has 0 spiro atoms. The van der Waals surface area contributed by atoms with E-state index in [4.69, 9.17) is 9.47 Å². The van der Waals surface area contributed by atoms with Gasteiger partial charge in [-0.25, -0.2) is 0 Å². The average Bonchev–Trinajstić information content (AvgIpc) is 2.35. The van der Waals surface area contributed by atoms with Gasteiger partial charge in [0.1, 0.15) is 12.4 Å². The number of hydrogen-bond donors (Lipinski definition) is 0. The molecule has 18 heavy (non-hydrogen) atoms. The van der Waals surface area contributed by atoms with Gasteiger partial charge in [-0.05, 0) is 30.0 Å². The van der Waals surface area contributed by atoms with E-state index in [0.29, 0.717) is 13.0 Å². The van der Waals surface area contributed by atoms with Gasteiger partial charge < -0.3 is 9.47 Å². The Hall–Kier alpha value is -1.51. The molecule has 0 unspecified atom stereocenters. The van der Waals surface area contributed by atoms with Gasteiger partial charge in [-0.1, -0.05) is 31.4 Å². The molecular formula is C15H20O3. The minimum atomic E-state index is -0.0854. The van der Waals surface area contributed by atoms with E-state index in [1.807, 2.05) is 24.3 Å². The second kappa shape index (κ2) is 6.43. The standard InChI is InChI=1S/C15H20O3/c1-17-14-8-5-13(6-9-14)11-18-15(16)10-7-12-3-2-4-12/h5-6,8-9,12H,2-4,7,10-11H2,1H3. The first-order valence-corrected chi connectivity index (χ1v) is 6.56. The number of esters is 1. The van der Waals surface area contributed by atoms with E-state index in [-0.39, 0.29) is 5.97 Å². The van der Waals surface area contributed by atoms with Crippen LogP contribution in [-0.2, 0) is 16.1 Å². The first-order chi connectivity index (χ1) is 8.78. The molecule has 1 aromatic rings. The Bertz CT molecular complexity index is 379. The Kier molecular flexibility index (Phi) is 4.62. The van der Waals surface area contributed by atoms with E-state index in [0.717, 1.165) is 23.7 Å². The van der Waals surface area contributed by atoms with Gasteiger partial charge >= 0.3 is 5.97 Å². The lowest BCUT2D eigenvalue weighted by atomic mass is 9.82. The van der Waals surface area contributed by atoms with Crippen molar-refractivity contribution in [2.75, 3.05) is 7.11 Å². The second-order valence-electron chi connectivity index (χ2n) is 4.84. The van der Waals surface area contributed by atoms with E-state index >= 15 is 0 Å². The predicted molar refractivity (Wildman–Crippen MR) is 69.4 cm³/mol. The Morgan fingerprint density at radius 1 is 1.28 bits per heavy atom. The Labute approximate surface area is 108 Å². The van der Waals surface area contributed by atoms with Crippen LogP contribution in [0.5, 0.6) is 5.75 Å². The Balaban J connectivity index is 1.67. The normalized spacial score (nSPS) is 14.9. The average molecular weight is 248 g/mol. The van der Waals surface area contributed by atoms with E-state index in [1.54, 1.807) is 7.11 Å². The largest absolute Gasteiger partial charge is 0.497 e. The number of benzene rings is 1. The smallest absolute Gasteiger partial charge is 0.306 e. The number of carbonyl (C=O) groups is 1. The SMILES string of the molecule is COc1ccc(COC(=O)CCC2CCC2)cc1. The van der Waals surface area contributed by atoms with Gasteiger partial charge in [0.05, 0.1) is 7.11 Å². The lowest BCUT2D eigenvalue weighted by Crippen LogP contribution is -2.14. The van der Waals surface area contributed by atoms with Crippen LogP contribution in [0.2, 0.25) is 0 Å². The molecule has 1 aliphatic carbocycles. The van der Waals surface area contributed by atoms with E-state index in [2.05, 4.69) is 0 Å². The second-order valence-corrected chi connectivity index (χ2v) is 4.84. The summed E-state index contributed by atoms with van der Waals surface area (Å²) in [7, 11) is 1.63. The molecule has 2 rings (SSSR count). The monoisotopic (exact) mass is 248 g/mol. The molecule has 0 radical (unpaired) electrons. The van der Waals surface area contributed by atoms with Gasteiger partial charge in [0.2, 0.25) is 0 Å². The fourth-order valence-electron chi connectivity index (χ4n) is 2.06. The summed E-state index contributed by atoms with van der Waals surface area (Å²) in [4.78, 5) is 11.5. The summed E-state index contributed by atoms with van der Waals surface area (Å²) in [6, 6.07) is 7.57. The third-order valence-electron chi connectivity index (χ3n) is 3.54. The summed E-state index contributed by atoms with van der Waals surface area (Å²) in [5.74, 6) is 1.49. The Morgan fingerprint density at radius 2 is 2.00 bits per heavy atom. The van der Waals surface area contributed by atoms with Crippen LogP contribution in [0, 0.1) is 5.92 Å². The summed E-state index contributed by atoms with van der Waals surface area (Å²) >= 11 is 0. The molecule has 0 N–H and O–H groups in total. The van der Waals surface area contributed by atoms with Crippen molar-refractivity contribution in [1.82, 2.24) is 0 Å². The summed E-state index contributed by atoms with van der Waals surface area (Å²) < 4.78 is 10.3. The van der Waals surface area contributed by atoms with E-state index in [9.17, 15) is 4.79 Å². The van der Waals surface area contributed by atoms with E-state index < -0.39 is 0 Å². The molecule has 0 aliphatic heterocycles. The maximum absolute atomic E-state index is 11.5. The molecule has 0 heterocycles. The third kappa shape index (κ3) is 3.76. The van der Waals surface area contributed by atoms with Crippen LogP contribution in [0.1, 0.15) is 37.7 Å². The van der Waals surface area contributed by atoms with Crippen molar-refractivity contribution in [3.8, 4) is 5.75 Å². The minimum Gasteiger partial charge on any atom is -0.497 e. The topological polar surface area (TPSA) is 35.5 Å². The first kappa shape index (κ1) is 12.9. The maximum atomic E-state index is 11.5. The van der Waals surface area contributed by atoms with Crippen molar-refractivity contribution in [2.24, 2.45) is 5.92 Å². The molecule has 1 saturated carbocycles. The highest BCUT2D eigenvalue weighted by Crippen LogP contribution is 2.30. The van der Waals surface area contributed by atoms with Crippen molar-refractivity contribution >= 4 is 5.97 Å². The summed E-state index contributed by atoms with van der Waals surface area (Å²) in [6.07, 6.45) is 5.44. The van der Waals surface area contributed by atoms with Gasteiger partial charge in [-0.2, -0.15) is 0 Å². The summed E-state index contributed by atoms with van der Waals surface area (Å²) in [6.45, 7) is 0.355. The van der Waals surface area contributed by atoms with Crippen LogP contribution in [0.15, 0.2) is 24.3 Å². The molecule has 0 saturated heterocycles. The molecule has 3 nitrogen and oxygen atoms in total. The highest BCUT2D eigenvalue weighted by atomic mass is 16.5. The number of rotatable bonds is 6. The van der Waals surface area contributed by atoms with Crippen molar-refractivity contribution in [1.29, 1.82) is 0 Å². The summed E-state index contributed by atoms with van der Waals surface area (Å²) in [5, 5.41) is 0. The molecule has 1 aromatic carbocycles. The maximum Gasteiger partial charge on any atom is 0.306 e. The lowest BCUT2D eigenvalue weighted by Gasteiger charge is -2.24. The van der Waals surface area contributed by atoms with Gasteiger partial charge in [0.15, 0.2) is 0 Å². The third-order valence-corrected chi connectivity index (χ3v) is 3.54.